The van der Waals surface area contributed by atoms with Crippen molar-refractivity contribution in [1.29, 1.82) is 0 Å². The molecular formula is C28H28N4O3S2. The Bertz CT molecular complexity index is 1510. The molecule has 0 bridgehead atoms. The lowest BCUT2D eigenvalue weighted by molar-refractivity contribution is -0.118. The summed E-state index contributed by atoms with van der Waals surface area (Å²) in [5.74, 6) is 0.591. The van der Waals surface area contributed by atoms with Crippen molar-refractivity contribution in [3.05, 3.63) is 80.5 Å². The Morgan fingerprint density at radius 1 is 1.16 bits per heavy atom. The summed E-state index contributed by atoms with van der Waals surface area (Å²) < 4.78 is 7.08. The van der Waals surface area contributed by atoms with Crippen LogP contribution in [-0.2, 0) is 17.6 Å². The summed E-state index contributed by atoms with van der Waals surface area (Å²) in [4.78, 5) is 33.3. The number of rotatable bonds is 8. The number of aromatic nitrogens is 2. The van der Waals surface area contributed by atoms with Crippen molar-refractivity contribution in [3.8, 4) is 11.4 Å². The molecule has 0 fully saturated rings. The van der Waals surface area contributed by atoms with E-state index in [0.29, 0.717) is 11.8 Å². The van der Waals surface area contributed by atoms with Gasteiger partial charge in [0.15, 0.2) is 5.16 Å². The van der Waals surface area contributed by atoms with Crippen molar-refractivity contribution >= 4 is 45.4 Å². The van der Waals surface area contributed by atoms with Crippen LogP contribution >= 0.6 is 23.1 Å². The first-order chi connectivity index (χ1) is 18.0. The van der Waals surface area contributed by atoms with Gasteiger partial charge in [0.1, 0.15) is 10.6 Å². The predicted octanol–water partition coefficient (Wildman–Crippen LogP) is 5.28. The van der Waals surface area contributed by atoms with E-state index < -0.39 is 0 Å². The largest absolute Gasteiger partial charge is 0.494 e. The van der Waals surface area contributed by atoms with Crippen LogP contribution in [0.4, 0.5) is 0 Å². The van der Waals surface area contributed by atoms with Crippen LogP contribution < -0.4 is 15.7 Å². The van der Waals surface area contributed by atoms with E-state index in [0.717, 1.165) is 64.0 Å². The molecule has 190 valence electrons. The second-order valence-corrected chi connectivity index (χ2v) is 10.9. The molecule has 4 aromatic rings. The van der Waals surface area contributed by atoms with Gasteiger partial charge in [-0.2, -0.15) is 5.10 Å². The number of thioether (sulfide) groups is 1. The third-order valence-electron chi connectivity index (χ3n) is 6.18. The van der Waals surface area contributed by atoms with E-state index in [-0.39, 0.29) is 17.2 Å². The molecule has 0 unspecified atom stereocenters. The monoisotopic (exact) mass is 532 g/mol. The summed E-state index contributed by atoms with van der Waals surface area (Å²) in [6, 6.07) is 15.3. The number of hydrogen-bond acceptors (Lipinski definition) is 7. The van der Waals surface area contributed by atoms with Crippen molar-refractivity contribution in [2.45, 2.75) is 44.7 Å². The molecule has 0 aliphatic heterocycles. The number of carbonyl (C=O) groups excluding carboxylic acids is 1. The Hall–Kier alpha value is -3.43. The quantitative estimate of drug-likeness (QED) is 0.145. The predicted molar refractivity (Wildman–Crippen MR) is 151 cm³/mol. The fraction of sp³-hybridized carbons (Fsp3) is 0.286. The summed E-state index contributed by atoms with van der Waals surface area (Å²) in [5, 5.41) is 5.30. The lowest BCUT2D eigenvalue weighted by Gasteiger charge is -2.13. The average molecular weight is 533 g/mol. The van der Waals surface area contributed by atoms with Gasteiger partial charge in [-0.25, -0.2) is 10.4 Å². The molecule has 2 aromatic carbocycles. The number of hydrogen-bond donors (Lipinski definition) is 1. The van der Waals surface area contributed by atoms with Gasteiger partial charge in [0.05, 0.1) is 29.6 Å². The molecule has 0 atom stereocenters. The summed E-state index contributed by atoms with van der Waals surface area (Å²) in [5.41, 5.74) is 6.36. The number of nitrogens with one attached hydrogen (secondary N) is 1. The Balaban J connectivity index is 1.37. The lowest BCUT2D eigenvalue weighted by Crippen LogP contribution is -2.24. The molecule has 0 spiro atoms. The molecule has 0 radical (unpaired) electrons. The second-order valence-electron chi connectivity index (χ2n) is 8.85. The fourth-order valence-corrected chi connectivity index (χ4v) is 6.47. The van der Waals surface area contributed by atoms with Gasteiger partial charge >= 0.3 is 0 Å². The summed E-state index contributed by atoms with van der Waals surface area (Å²) in [6.45, 7) is 4.55. The third-order valence-corrected chi connectivity index (χ3v) is 8.30. The first-order valence-electron chi connectivity index (χ1n) is 12.4. The van der Waals surface area contributed by atoms with Gasteiger partial charge in [-0.15, -0.1) is 11.3 Å². The van der Waals surface area contributed by atoms with Crippen molar-refractivity contribution < 1.29 is 9.53 Å². The van der Waals surface area contributed by atoms with E-state index in [2.05, 4.69) is 10.5 Å². The Morgan fingerprint density at radius 3 is 2.68 bits per heavy atom. The minimum absolute atomic E-state index is 0.0651. The molecule has 7 nitrogen and oxygen atoms in total. The average Bonchev–Trinajstić information content (AvgIpc) is 3.28. The van der Waals surface area contributed by atoms with Crippen LogP contribution in [0.1, 0.15) is 41.3 Å². The van der Waals surface area contributed by atoms with Gasteiger partial charge in [0, 0.05) is 4.88 Å². The maximum atomic E-state index is 13.8. The fourth-order valence-electron chi connectivity index (χ4n) is 4.36. The van der Waals surface area contributed by atoms with E-state index in [1.807, 2.05) is 62.4 Å². The van der Waals surface area contributed by atoms with Gasteiger partial charge in [-0.3, -0.25) is 14.2 Å². The van der Waals surface area contributed by atoms with Crippen LogP contribution in [0.3, 0.4) is 0 Å². The highest BCUT2D eigenvalue weighted by Gasteiger charge is 2.23. The SMILES string of the molecule is CCOc1ccc(/C=N\NC(=O)CSc2nc3sc4c(c3c(=O)n2-c2ccc(C)cc2)CCCC4)cc1. The van der Waals surface area contributed by atoms with Crippen LogP contribution in [-0.4, -0.2) is 34.0 Å². The lowest BCUT2D eigenvalue weighted by atomic mass is 9.97. The second kappa shape index (κ2) is 11.3. The highest BCUT2D eigenvalue weighted by atomic mass is 32.2. The van der Waals surface area contributed by atoms with E-state index >= 15 is 0 Å². The molecule has 37 heavy (non-hydrogen) atoms. The van der Waals surface area contributed by atoms with Crippen LogP contribution in [0.15, 0.2) is 63.6 Å². The number of benzene rings is 2. The van der Waals surface area contributed by atoms with E-state index in [4.69, 9.17) is 9.72 Å². The molecule has 1 amide bonds. The van der Waals surface area contributed by atoms with Gasteiger partial charge in [-0.05, 0) is 87.1 Å². The number of thiophene rings is 1. The van der Waals surface area contributed by atoms with E-state index in [1.54, 1.807) is 22.1 Å². The zero-order valence-corrected chi connectivity index (χ0v) is 22.5. The first kappa shape index (κ1) is 25.2. The van der Waals surface area contributed by atoms with Crippen molar-refractivity contribution in [3.63, 3.8) is 0 Å². The van der Waals surface area contributed by atoms with Gasteiger partial charge in [0.2, 0.25) is 0 Å². The van der Waals surface area contributed by atoms with Gasteiger partial charge in [0.25, 0.3) is 11.5 Å². The van der Waals surface area contributed by atoms with Crippen LogP contribution in [0.2, 0.25) is 0 Å². The molecule has 2 heterocycles. The van der Waals surface area contributed by atoms with Crippen LogP contribution in [0.5, 0.6) is 5.75 Å². The molecule has 5 rings (SSSR count). The Morgan fingerprint density at radius 2 is 1.92 bits per heavy atom. The van der Waals surface area contributed by atoms with Crippen molar-refractivity contribution in [2.75, 3.05) is 12.4 Å². The minimum Gasteiger partial charge on any atom is -0.494 e. The number of nitrogens with zero attached hydrogens (tertiary/aromatic N) is 3. The number of ether oxygens (including phenoxy) is 1. The highest BCUT2D eigenvalue weighted by molar-refractivity contribution is 7.99. The molecule has 0 saturated carbocycles. The standard InChI is InChI=1S/C28H28N4O3S2/c1-3-35-21-14-10-19(11-15-21)16-29-31-24(33)17-36-28-30-26-25(22-6-4-5-7-23(22)37-26)27(34)32(28)20-12-8-18(2)9-13-20/h8-16H,3-7,17H2,1-2H3,(H,31,33)/b29-16-. The van der Waals surface area contributed by atoms with Gasteiger partial charge < -0.3 is 4.74 Å². The molecule has 9 heteroatoms. The zero-order valence-electron chi connectivity index (χ0n) is 20.8. The smallest absolute Gasteiger partial charge is 0.267 e. The number of carbonyl (C=O) groups is 1. The van der Waals surface area contributed by atoms with E-state index in [1.165, 1.54) is 16.6 Å². The molecule has 1 aliphatic rings. The van der Waals surface area contributed by atoms with Crippen LogP contribution in [0, 0.1) is 6.92 Å². The maximum Gasteiger partial charge on any atom is 0.267 e. The molecule has 1 aliphatic carbocycles. The van der Waals surface area contributed by atoms with Gasteiger partial charge in [-0.1, -0.05) is 29.5 Å². The summed E-state index contributed by atoms with van der Waals surface area (Å²) in [7, 11) is 0. The number of hydrazone groups is 1. The van der Waals surface area contributed by atoms with Crippen LogP contribution in [0.25, 0.3) is 15.9 Å². The normalized spacial score (nSPS) is 13.1. The molecule has 0 saturated heterocycles. The third kappa shape index (κ3) is 5.62. The van der Waals surface area contributed by atoms with Crippen molar-refractivity contribution in [1.82, 2.24) is 15.0 Å². The molecular weight excluding hydrogens is 504 g/mol. The molecule has 2 aromatic heterocycles. The topological polar surface area (TPSA) is 85.6 Å². The Labute approximate surface area is 223 Å². The first-order valence-corrected chi connectivity index (χ1v) is 14.2. The summed E-state index contributed by atoms with van der Waals surface area (Å²) >= 11 is 2.85. The molecule has 1 N–H and O–H groups in total. The number of amides is 1. The Kier molecular flexibility index (Phi) is 7.71. The number of fused-ring (bicyclic) bond motifs is 3. The summed E-state index contributed by atoms with van der Waals surface area (Å²) in [6.07, 6.45) is 5.74. The minimum atomic E-state index is -0.275. The number of aryl methyl sites for hydroxylation is 3. The van der Waals surface area contributed by atoms with Crippen molar-refractivity contribution in [2.24, 2.45) is 5.10 Å². The van der Waals surface area contributed by atoms with E-state index in [9.17, 15) is 9.59 Å². The maximum absolute atomic E-state index is 13.8. The zero-order chi connectivity index (χ0) is 25.8. The highest BCUT2D eigenvalue weighted by Crippen LogP contribution is 2.35.